The van der Waals surface area contributed by atoms with Gasteiger partial charge in [-0.1, -0.05) is 19.1 Å². The van der Waals surface area contributed by atoms with Gasteiger partial charge in [-0.3, -0.25) is 4.79 Å². The van der Waals surface area contributed by atoms with Gasteiger partial charge in [0.2, 0.25) is 11.5 Å². The van der Waals surface area contributed by atoms with Gasteiger partial charge in [-0.25, -0.2) is 9.59 Å². The first-order valence-corrected chi connectivity index (χ1v) is 11.3. The zero-order valence-corrected chi connectivity index (χ0v) is 20.9. The minimum absolute atomic E-state index is 0.189. The summed E-state index contributed by atoms with van der Waals surface area (Å²) in [6.07, 6.45) is 0.874. The Hall–Kier alpha value is -4.21. The van der Waals surface area contributed by atoms with E-state index in [2.05, 4.69) is 10.6 Å². The summed E-state index contributed by atoms with van der Waals surface area (Å²) in [6, 6.07) is 8.82. The van der Waals surface area contributed by atoms with Crippen molar-refractivity contribution in [2.24, 2.45) is 0 Å². The van der Waals surface area contributed by atoms with E-state index in [0.717, 1.165) is 6.42 Å². The number of amides is 2. The van der Waals surface area contributed by atoms with Crippen molar-refractivity contribution in [3.05, 3.63) is 58.8 Å². The van der Waals surface area contributed by atoms with Gasteiger partial charge in [0.1, 0.15) is 5.75 Å². The van der Waals surface area contributed by atoms with Crippen LogP contribution in [0, 0.1) is 0 Å². The number of hydrogen-bond acceptors (Lipinski definition) is 8. The number of methoxy groups -OCH3 is 3. The quantitative estimate of drug-likeness (QED) is 0.356. The van der Waals surface area contributed by atoms with Crippen LogP contribution in [0.5, 0.6) is 23.0 Å². The minimum Gasteiger partial charge on any atom is -0.494 e. The fourth-order valence-corrected chi connectivity index (χ4v) is 3.73. The number of Topliss-reactive ketones (excluding diaryl/α,β-unsaturated/α-hetero) is 1. The molecule has 0 spiro atoms. The first-order valence-electron chi connectivity index (χ1n) is 11.3. The molecule has 0 aliphatic carbocycles. The zero-order chi connectivity index (χ0) is 26.2. The largest absolute Gasteiger partial charge is 0.494 e. The van der Waals surface area contributed by atoms with Gasteiger partial charge >= 0.3 is 12.0 Å². The number of hydrogen-bond donors (Lipinski definition) is 2. The molecular weight excluding hydrogens is 468 g/mol. The van der Waals surface area contributed by atoms with Gasteiger partial charge in [0, 0.05) is 11.3 Å². The van der Waals surface area contributed by atoms with E-state index in [9.17, 15) is 14.4 Å². The van der Waals surface area contributed by atoms with Crippen molar-refractivity contribution in [1.82, 2.24) is 10.6 Å². The van der Waals surface area contributed by atoms with E-state index in [1.807, 2.05) is 6.92 Å². The van der Waals surface area contributed by atoms with E-state index >= 15 is 0 Å². The molecule has 0 saturated heterocycles. The van der Waals surface area contributed by atoms with Gasteiger partial charge in [0.25, 0.3) is 0 Å². The molecule has 0 unspecified atom stereocenters. The molecular formula is C26H30N2O8. The van der Waals surface area contributed by atoms with Crippen LogP contribution in [0.4, 0.5) is 4.79 Å². The van der Waals surface area contributed by atoms with Gasteiger partial charge in [-0.15, -0.1) is 0 Å². The molecule has 0 aromatic heterocycles. The molecule has 36 heavy (non-hydrogen) atoms. The number of esters is 1. The standard InChI is InChI=1S/C26H30N2O8/c1-6-11-35-18-9-7-16(8-10-18)23-22(15(2)27-26(31)28-23)25(30)36-14-19(29)17-12-20(32-3)24(34-5)21(13-17)33-4/h7-10,12-13,23H,6,11,14H2,1-5H3,(H2,27,28,31)/t23-/m0/s1. The first-order chi connectivity index (χ1) is 17.3. The Labute approximate surface area is 209 Å². The van der Waals surface area contributed by atoms with E-state index in [0.29, 0.717) is 40.9 Å². The first kappa shape index (κ1) is 26.4. The molecule has 1 aliphatic rings. The molecule has 2 aromatic rings. The Bertz CT molecular complexity index is 1130. The molecule has 0 radical (unpaired) electrons. The van der Waals surface area contributed by atoms with E-state index < -0.39 is 30.4 Å². The SMILES string of the molecule is CCCOc1ccc([C@@H]2NC(=O)NC(C)=C2C(=O)OCC(=O)c2cc(OC)c(OC)c(OC)c2)cc1. The second-order valence-electron chi connectivity index (χ2n) is 7.90. The third-order valence-electron chi connectivity index (χ3n) is 5.50. The smallest absolute Gasteiger partial charge is 0.338 e. The molecule has 3 rings (SSSR count). The summed E-state index contributed by atoms with van der Waals surface area (Å²) < 4.78 is 26.8. The number of ether oxygens (including phenoxy) is 5. The summed E-state index contributed by atoms with van der Waals surface area (Å²) in [7, 11) is 4.33. The topological polar surface area (TPSA) is 121 Å². The number of carbonyl (C=O) groups excluding carboxylic acids is 3. The van der Waals surface area contributed by atoms with Crippen LogP contribution in [0.2, 0.25) is 0 Å². The van der Waals surface area contributed by atoms with Crippen molar-refractivity contribution in [3.63, 3.8) is 0 Å². The Kier molecular flexibility index (Phi) is 8.77. The normalized spacial score (nSPS) is 14.9. The summed E-state index contributed by atoms with van der Waals surface area (Å²) in [5, 5.41) is 5.32. The zero-order valence-electron chi connectivity index (χ0n) is 20.9. The summed E-state index contributed by atoms with van der Waals surface area (Å²) >= 11 is 0. The molecule has 2 aromatic carbocycles. The Morgan fingerprint density at radius 1 is 0.972 bits per heavy atom. The van der Waals surface area contributed by atoms with Crippen LogP contribution >= 0.6 is 0 Å². The van der Waals surface area contributed by atoms with Gasteiger partial charge in [0.05, 0.1) is 39.6 Å². The fourth-order valence-electron chi connectivity index (χ4n) is 3.73. The average molecular weight is 499 g/mol. The predicted octanol–water partition coefficient (Wildman–Crippen LogP) is 3.56. The Balaban J connectivity index is 1.79. The third kappa shape index (κ3) is 5.88. The average Bonchev–Trinajstić information content (AvgIpc) is 2.89. The Morgan fingerprint density at radius 3 is 2.17 bits per heavy atom. The van der Waals surface area contributed by atoms with Crippen LogP contribution in [0.15, 0.2) is 47.7 Å². The van der Waals surface area contributed by atoms with Crippen molar-refractivity contribution in [2.75, 3.05) is 34.5 Å². The van der Waals surface area contributed by atoms with Gasteiger partial charge in [-0.2, -0.15) is 0 Å². The summed E-state index contributed by atoms with van der Waals surface area (Å²) in [6.45, 7) is 3.66. The third-order valence-corrected chi connectivity index (χ3v) is 5.50. The van der Waals surface area contributed by atoms with Crippen molar-refractivity contribution >= 4 is 17.8 Å². The highest BCUT2D eigenvalue weighted by atomic mass is 16.5. The lowest BCUT2D eigenvalue weighted by Crippen LogP contribution is -2.45. The lowest BCUT2D eigenvalue weighted by Gasteiger charge is -2.28. The highest BCUT2D eigenvalue weighted by Crippen LogP contribution is 2.38. The molecule has 0 bridgehead atoms. The molecule has 2 amide bonds. The number of rotatable bonds is 11. The fraction of sp³-hybridized carbons (Fsp3) is 0.346. The van der Waals surface area contributed by atoms with Crippen LogP contribution in [0.3, 0.4) is 0 Å². The lowest BCUT2D eigenvalue weighted by atomic mass is 9.95. The molecule has 2 N–H and O–H groups in total. The second kappa shape index (κ2) is 12.0. The lowest BCUT2D eigenvalue weighted by molar-refractivity contribution is -0.138. The number of ketones is 1. The number of benzene rings is 2. The van der Waals surface area contributed by atoms with Crippen LogP contribution in [-0.4, -0.2) is 52.3 Å². The Morgan fingerprint density at radius 2 is 1.61 bits per heavy atom. The summed E-state index contributed by atoms with van der Waals surface area (Å²) in [4.78, 5) is 38.0. The highest BCUT2D eigenvalue weighted by molar-refractivity contribution is 6.01. The number of nitrogens with one attached hydrogen (secondary N) is 2. The summed E-state index contributed by atoms with van der Waals surface area (Å²) in [5.41, 5.74) is 1.41. The van der Waals surface area contributed by atoms with Crippen LogP contribution in [0.25, 0.3) is 0 Å². The van der Waals surface area contributed by atoms with Crippen molar-refractivity contribution in [2.45, 2.75) is 26.3 Å². The van der Waals surface area contributed by atoms with E-state index in [1.54, 1.807) is 31.2 Å². The second-order valence-corrected chi connectivity index (χ2v) is 7.90. The maximum atomic E-state index is 13.1. The van der Waals surface area contributed by atoms with Gasteiger partial charge < -0.3 is 34.3 Å². The van der Waals surface area contributed by atoms with Crippen LogP contribution < -0.4 is 29.6 Å². The van der Waals surface area contributed by atoms with Gasteiger partial charge in [0.15, 0.2) is 18.1 Å². The molecule has 192 valence electrons. The van der Waals surface area contributed by atoms with Crippen molar-refractivity contribution < 1.29 is 38.1 Å². The van der Waals surface area contributed by atoms with E-state index in [4.69, 9.17) is 23.7 Å². The maximum Gasteiger partial charge on any atom is 0.338 e. The van der Waals surface area contributed by atoms with Gasteiger partial charge in [-0.05, 0) is 43.2 Å². The number of carbonyl (C=O) groups is 3. The minimum atomic E-state index is -0.761. The molecule has 10 heteroatoms. The molecule has 10 nitrogen and oxygen atoms in total. The molecule has 0 fully saturated rings. The maximum absolute atomic E-state index is 13.1. The summed E-state index contributed by atoms with van der Waals surface area (Å²) in [5.74, 6) is 0.417. The van der Waals surface area contributed by atoms with Crippen molar-refractivity contribution in [1.29, 1.82) is 0 Å². The monoisotopic (exact) mass is 498 g/mol. The van der Waals surface area contributed by atoms with Crippen LogP contribution in [0.1, 0.15) is 42.2 Å². The molecule has 1 atom stereocenters. The van der Waals surface area contributed by atoms with Crippen molar-refractivity contribution in [3.8, 4) is 23.0 Å². The van der Waals surface area contributed by atoms with E-state index in [-0.39, 0.29) is 11.1 Å². The number of allylic oxidation sites excluding steroid dienone is 1. The molecule has 0 saturated carbocycles. The van der Waals surface area contributed by atoms with E-state index in [1.165, 1.54) is 33.5 Å². The van der Waals surface area contributed by atoms with Crippen LogP contribution in [-0.2, 0) is 9.53 Å². The highest BCUT2D eigenvalue weighted by Gasteiger charge is 2.32. The predicted molar refractivity (Wildman–Crippen MR) is 131 cm³/mol. The molecule has 1 heterocycles. The molecule has 1 aliphatic heterocycles. The number of urea groups is 1.